The van der Waals surface area contributed by atoms with Gasteiger partial charge in [0.2, 0.25) is 0 Å². The molecule has 0 bridgehead atoms. The van der Waals surface area contributed by atoms with Gasteiger partial charge in [-0.1, -0.05) is 37.8 Å². The van der Waals surface area contributed by atoms with Crippen molar-refractivity contribution >= 4 is 8.07 Å². The molecule has 0 fully saturated rings. The number of hydrogen-bond acceptors (Lipinski definition) is 1. The van der Waals surface area contributed by atoms with Crippen LogP contribution in [0.25, 0.3) is 0 Å². The summed E-state index contributed by atoms with van der Waals surface area (Å²) in [5.74, 6) is 0.493. The molecule has 1 unspecified atom stereocenters. The minimum absolute atomic E-state index is 0.126. The van der Waals surface area contributed by atoms with Gasteiger partial charge < -0.3 is 5.32 Å². The summed E-state index contributed by atoms with van der Waals surface area (Å²) in [6, 6.07) is 8.28. The van der Waals surface area contributed by atoms with Gasteiger partial charge in [0.25, 0.3) is 0 Å². The van der Waals surface area contributed by atoms with Crippen LogP contribution in [0, 0.1) is 11.7 Å². The van der Waals surface area contributed by atoms with Crippen LogP contribution >= 0.6 is 0 Å². The normalized spacial score (nSPS) is 13.7. The molecule has 0 saturated heterocycles. The summed E-state index contributed by atoms with van der Waals surface area (Å²) in [6.45, 7) is 8.19. The predicted molar refractivity (Wildman–Crippen MR) is 75.7 cm³/mol. The minimum Gasteiger partial charge on any atom is -0.319 e. The number of benzene rings is 1. The van der Waals surface area contributed by atoms with Gasteiger partial charge in [-0.05, 0) is 43.6 Å². The maximum absolute atomic E-state index is 13.1. The van der Waals surface area contributed by atoms with Crippen LogP contribution in [0.4, 0.5) is 4.39 Å². The topological polar surface area (TPSA) is 12.0 Å². The van der Waals surface area contributed by atoms with Gasteiger partial charge in [0.05, 0.1) is 0 Å². The van der Waals surface area contributed by atoms with E-state index in [1.165, 1.54) is 12.1 Å². The number of rotatable bonds is 6. The predicted octanol–water partition coefficient (Wildman–Crippen LogP) is 3.54. The quantitative estimate of drug-likeness (QED) is 0.765. The Morgan fingerprint density at radius 2 is 2.00 bits per heavy atom. The van der Waals surface area contributed by atoms with Gasteiger partial charge in [-0.3, -0.25) is 0 Å². The molecular weight excluding hydrogens is 229 g/mol. The van der Waals surface area contributed by atoms with Crippen LogP contribution in [-0.4, -0.2) is 21.7 Å². The summed E-state index contributed by atoms with van der Waals surface area (Å²) in [4.78, 5) is 0. The summed E-state index contributed by atoms with van der Waals surface area (Å²) in [6.07, 6.45) is 0.975. The van der Waals surface area contributed by atoms with E-state index in [9.17, 15) is 4.39 Å². The first kappa shape index (κ1) is 14.4. The van der Waals surface area contributed by atoms with Gasteiger partial charge in [0, 0.05) is 8.07 Å². The van der Waals surface area contributed by atoms with Gasteiger partial charge in [-0.15, -0.1) is 0 Å². The van der Waals surface area contributed by atoms with Crippen molar-refractivity contribution < 1.29 is 4.39 Å². The molecule has 96 valence electrons. The molecule has 1 aromatic rings. The Morgan fingerprint density at radius 3 is 2.53 bits per heavy atom. The Hall–Kier alpha value is -0.673. The van der Waals surface area contributed by atoms with Crippen molar-refractivity contribution in [2.45, 2.75) is 32.1 Å². The Balaban J connectivity index is 2.66. The number of hydrogen-bond donors (Lipinski definition) is 1. The molecule has 0 heterocycles. The van der Waals surface area contributed by atoms with Crippen molar-refractivity contribution in [3.63, 3.8) is 0 Å². The lowest BCUT2D eigenvalue weighted by Crippen LogP contribution is -2.30. The monoisotopic (exact) mass is 253 g/mol. The fourth-order valence-electron chi connectivity index (χ4n) is 2.37. The Kier molecular flexibility index (Phi) is 5.34. The summed E-state index contributed by atoms with van der Waals surface area (Å²) < 4.78 is 13.1. The van der Waals surface area contributed by atoms with Crippen molar-refractivity contribution in [2.24, 2.45) is 5.92 Å². The minimum atomic E-state index is -1.06. The Bertz CT molecular complexity index is 346. The molecule has 1 N–H and O–H groups in total. The zero-order valence-electron chi connectivity index (χ0n) is 11.4. The van der Waals surface area contributed by atoms with Gasteiger partial charge in [-0.2, -0.15) is 0 Å². The molecule has 1 rings (SSSR count). The van der Waals surface area contributed by atoms with Gasteiger partial charge in [-0.25, -0.2) is 4.39 Å². The van der Waals surface area contributed by atoms with E-state index in [0.29, 0.717) is 5.92 Å². The van der Waals surface area contributed by atoms with Crippen LogP contribution in [0.3, 0.4) is 0 Å². The first-order valence-corrected chi connectivity index (χ1v) is 10.0. The van der Waals surface area contributed by atoms with Gasteiger partial charge >= 0.3 is 0 Å². The Labute approximate surface area is 105 Å². The molecule has 17 heavy (non-hydrogen) atoms. The van der Waals surface area contributed by atoms with Crippen LogP contribution in [0.5, 0.6) is 0 Å². The van der Waals surface area contributed by atoms with Crippen molar-refractivity contribution in [3.8, 4) is 0 Å². The summed E-state index contributed by atoms with van der Waals surface area (Å²) in [5, 5.41) is 3.25. The average molecular weight is 253 g/mol. The zero-order chi connectivity index (χ0) is 12.9. The lowest BCUT2D eigenvalue weighted by atomic mass is 10.0. The fourth-order valence-corrected chi connectivity index (χ4v) is 4.39. The van der Waals surface area contributed by atoms with Crippen molar-refractivity contribution in [1.29, 1.82) is 0 Å². The second-order valence-electron chi connectivity index (χ2n) is 6.02. The smallest absolute Gasteiger partial charge is 0.123 e. The molecule has 0 radical (unpaired) electrons. The van der Waals surface area contributed by atoms with Gasteiger partial charge in [0.15, 0.2) is 0 Å². The highest BCUT2D eigenvalue weighted by Crippen LogP contribution is 2.20. The second kappa shape index (κ2) is 6.31. The Morgan fingerprint density at radius 1 is 1.29 bits per heavy atom. The molecule has 1 aromatic carbocycles. The van der Waals surface area contributed by atoms with Crippen molar-refractivity contribution in [1.82, 2.24) is 5.32 Å². The number of halogens is 1. The van der Waals surface area contributed by atoms with E-state index in [2.05, 4.69) is 25.0 Å². The second-order valence-corrected chi connectivity index (χ2v) is 11.6. The van der Waals surface area contributed by atoms with Crippen LogP contribution in [-0.2, 0) is 6.42 Å². The van der Waals surface area contributed by atoms with E-state index in [1.807, 2.05) is 13.1 Å². The van der Waals surface area contributed by atoms with Gasteiger partial charge in [0.1, 0.15) is 5.82 Å². The van der Waals surface area contributed by atoms with Crippen molar-refractivity contribution in [2.75, 3.05) is 13.6 Å². The lowest BCUT2D eigenvalue weighted by molar-refractivity contribution is 0.532. The average Bonchev–Trinajstić information content (AvgIpc) is 2.15. The molecule has 0 amide bonds. The van der Waals surface area contributed by atoms with E-state index in [4.69, 9.17) is 0 Å². The van der Waals surface area contributed by atoms with E-state index >= 15 is 0 Å². The molecule has 0 spiro atoms. The lowest BCUT2D eigenvalue weighted by Gasteiger charge is -2.24. The highest BCUT2D eigenvalue weighted by Gasteiger charge is 2.20. The molecule has 0 aliphatic heterocycles. The largest absolute Gasteiger partial charge is 0.319 e. The summed E-state index contributed by atoms with van der Waals surface area (Å²) >= 11 is 0. The van der Waals surface area contributed by atoms with E-state index < -0.39 is 8.07 Å². The molecule has 3 heteroatoms. The maximum Gasteiger partial charge on any atom is 0.123 e. The summed E-state index contributed by atoms with van der Waals surface area (Å²) in [7, 11) is 0.930. The molecular formula is C14H24FNSi. The third kappa shape index (κ3) is 5.98. The SMILES string of the molecule is CNCC(Cc1cccc(F)c1)C[Si](C)(C)C. The molecule has 1 atom stereocenters. The highest BCUT2D eigenvalue weighted by atomic mass is 28.3. The standard InChI is InChI=1S/C14H24FNSi/c1-16-10-13(11-17(2,3)4)8-12-6-5-7-14(15)9-12/h5-7,9,13,16H,8,10-11H2,1-4H3. The number of nitrogens with one attached hydrogen (secondary N) is 1. The van der Waals surface area contributed by atoms with E-state index in [-0.39, 0.29) is 5.82 Å². The molecule has 0 aliphatic carbocycles. The molecule has 0 aliphatic rings. The molecule has 1 nitrogen and oxygen atoms in total. The zero-order valence-corrected chi connectivity index (χ0v) is 12.4. The molecule has 0 aromatic heterocycles. The third-order valence-electron chi connectivity index (χ3n) is 2.81. The summed E-state index contributed by atoms with van der Waals surface area (Å²) in [5.41, 5.74) is 1.11. The van der Waals surface area contributed by atoms with E-state index in [0.717, 1.165) is 18.5 Å². The first-order valence-electron chi connectivity index (χ1n) is 6.30. The first-order chi connectivity index (χ1) is 7.90. The molecule has 0 saturated carbocycles. The fraction of sp³-hybridized carbons (Fsp3) is 0.571. The van der Waals surface area contributed by atoms with Crippen LogP contribution in [0.15, 0.2) is 24.3 Å². The van der Waals surface area contributed by atoms with Crippen LogP contribution in [0.2, 0.25) is 25.7 Å². The van der Waals surface area contributed by atoms with Crippen LogP contribution < -0.4 is 5.32 Å². The van der Waals surface area contributed by atoms with E-state index in [1.54, 1.807) is 12.1 Å². The van der Waals surface area contributed by atoms with Crippen molar-refractivity contribution in [3.05, 3.63) is 35.6 Å². The highest BCUT2D eigenvalue weighted by molar-refractivity contribution is 6.76. The van der Waals surface area contributed by atoms with Crippen LogP contribution in [0.1, 0.15) is 5.56 Å². The maximum atomic E-state index is 13.1. The third-order valence-corrected chi connectivity index (χ3v) is 4.61.